The second kappa shape index (κ2) is 7.29. The van der Waals surface area contributed by atoms with E-state index in [0.717, 1.165) is 12.2 Å². The van der Waals surface area contributed by atoms with Crippen molar-refractivity contribution in [3.8, 4) is 0 Å². The molecule has 3 N–H and O–H groups in total. The van der Waals surface area contributed by atoms with E-state index in [1.54, 1.807) is 6.33 Å². The maximum atomic E-state index is 11.2. The molecule has 0 aromatic carbocycles. The van der Waals surface area contributed by atoms with Gasteiger partial charge in [0.15, 0.2) is 0 Å². The third-order valence-corrected chi connectivity index (χ3v) is 2.29. The van der Waals surface area contributed by atoms with E-state index >= 15 is 0 Å². The summed E-state index contributed by atoms with van der Waals surface area (Å²) in [5.74, 6) is 0.164. The summed E-state index contributed by atoms with van der Waals surface area (Å²) >= 11 is 0. The highest BCUT2D eigenvalue weighted by atomic mass is 35.5. The minimum atomic E-state index is -0.336. The Morgan fingerprint density at radius 3 is 2.65 bits per heavy atom. The molecule has 0 radical (unpaired) electrons. The van der Waals surface area contributed by atoms with Crippen LogP contribution in [0.4, 0.5) is 0 Å². The van der Waals surface area contributed by atoms with Crippen LogP contribution in [0.1, 0.15) is 19.5 Å². The van der Waals surface area contributed by atoms with Crippen LogP contribution in [-0.2, 0) is 18.3 Å². The van der Waals surface area contributed by atoms with Crippen molar-refractivity contribution in [3.05, 3.63) is 18.2 Å². The lowest BCUT2D eigenvalue weighted by atomic mass is 10.1. The molecule has 0 aliphatic carbocycles. The van der Waals surface area contributed by atoms with Gasteiger partial charge in [-0.2, -0.15) is 0 Å². The Bertz CT molecular complexity index is 351. The molecule has 0 fully saturated rings. The van der Waals surface area contributed by atoms with Gasteiger partial charge in [-0.1, -0.05) is 13.8 Å². The standard InChI is InChI=1S/C11H20N4O.ClH/c1-8(2)5-13-10(11(12)16)4-9-6-15(3)7-14-9;/h6-8,10,13H,4-5H2,1-3H3,(H2,12,16);1H. The first kappa shape index (κ1) is 15.9. The monoisotopic (exact) mass is 260 g/mol. The predicted molar refractivity (Wildman–Crippen MR) is 70.0 cm³/mol. The van der Waals surface area contributed by atoms with Crippen molar-refractivity contribution in [2.24, 2.45) is 18.7 Å². The summed E-state index contributed by atoms with van der Waals surface area (Å²) in [6.45, 7) is 4.96. The summed E-state index contributed by atoms with van der Waals surface area (Å²) in [5.41, 5.74) is 6.22. The maximum absolute atomic E-state index is 11.2. The van der Waals surface area contributed by atoms with Gasteiger partial charge in [0.25, 0.3) is 0 Å². The fourth-order valence-corrected chi connectivity index (χ4v) is 1.43. The number of carbonyl (C=O) groups excluding carboxylic acids is 1. The van der Waals surface area contributed by atoms with Gasteiger partial charge >= 0.3 is 0 Å². The van der Waals surface area contributed by atoms with E-state index < -0.39 is 0 Å². The summed E-state index contributed by atoms with van der Waals surface area (Å²) in [5, 5.41) is 3.15. The van der Waals surface area contributed by atoms with Crippen LogP contribution in [0, 0.1) is 5.92 Å². The van der Waals surface area contributed by atoms with Crippen molar-refractivity contribution in [2.75, 3.05) is 6.54 Å². The Morgan fingerprint density at radius 2 is 2.24 bits per heavy atom. The Balaban J connectivity index is 0.00000256. The number of nitrogens with zero attached hydrogens (tertiary/aromatic N) is 2. The second-order valence-corrected chi connectivity index (χ2v) is 4.49. The number of nitrogens with two attached hydrogens (primary N) is 1. The maximum Gasteiger partial charge on any atom is 0.234 e. The second-order valence-electron chi connectivity index (χ2n) is 4.49. The summed E-state index contributed by atoms with van der Waals surface area (Å²) in [7, 11) is 1.90. The van der Waals surface area contributed by atoms with Gasteiger partial charge in [0, 0.05) is 19.7 Å². The van der Waals surface area contributed by atoms with E-state index in [9.17, 15) is 4.79 Å². The van der Waals surface area contributed by atoms with Crippen molar-refractivity contribution in [2.45, 2.75) is 26.3 Å². The molecule has 0 aliphatic heterocycles. The van der Waals surface area contributed by atoms with Crippen molar-refractivity contribution >= 4 is 18.3 Å². The number of halogens is 1. The predicted octanol–water partition coefficient (Wildman–Crippen LogP) is 0.484. The normalized spacial score (nSPS) is 12.2. The van der Waals surface area contributed by atoms with Crippen LogP contribution in [0.15, 0.2) is 12.5 Å². The highest BCUT2D eigenvalue weighted by Gasteiger charge is 2.16. The van der Waals surface area contributed by atoms with Gasteiger partial charge in [-0.15, -0.1) is 12.4 Å². The lowest BCUT2D eigenvalue weighted by Crippen LogP contribution is -2.44. The summed E-state index contributed by atoms with van der Waals surface area (Å²) in [4.78, 5) is 15.4. The van der Waals surface area contributed by atoms with Crippen molar-refractivity contribution < 1.29 is 4.79 Å². The quantitative estimate of drug-likeness (QED) is 0.782. The van der Waals surface area contributed by atoms with Gasteiger partial charge in [0.2, 0.25) is 5.91 Å². The van der Waals surface area contributed by atoms with Gasteiger partial charge in [0.05, 0.1) is 18.1 Å². The van der Waals surface area contributed by atoms with Crippen LogP contribution >= 0.6 is 12.4 Å². The lowest BCUT2D eigenvalue weighted by molar-refractivity contribution is -0.120. The summed E-state index contributed by atoms with van der Waals surface area (Å²) in [6, 6.07) is -0.336. The minimum Gasteiger partial charge on any atom is -0.368 e. The SMILES string of the molecule is CC(C)CNC(Cc1cn(C)cn1)C(N)=O.Cl. The Kier molecular flexibility index (Phi) is 6.83. The number of nitrogens with one attached hydrogen (secondary N) is 1. The fraction of sp³-hybridized carbons (Fsp3) is 0.636. The molecule has 0 saturated carbocycles. The van der Waals surface area contributed by atoms with E-state index in [0.29, 0.717) is 12.3 Å². The number of aryl methyl sites for hydroxylation is 1. The highest BCUT2D eigenvalue weighted by Crippen LogP contribution is 2.00. The average molecular weight is 261 g/mol. The molecule has 1 amide bonds. The molecule has 6 heteroatoms. The Morgan fingerprint density at radius 1 is 1.59 bits per heavy atom. The van der Waals surface area contributed by atoms with E-state index in [1.165, 1.54) is 0 Å². The largest absolute Gasteiger partial charge is 0.368 e. The average Bonchev–Trinajstić information content (AvgIpc) is 2.57. The number of hydrogen-bond acceptors (Lipinski definition) is 3. The topological polar surface area (TPSA) is 72.9 Å². The van der Waals surface area contributed by atoms with E-state index in [2.05, 4.69) is 24.1 Å². The smallest absolute Gasteiger partial charge is 0.234 e. The molecule has 0 saturated heterocycles. The van der Waals surface area contributed by atoms with Crippen LogP contribution in [0.25, 0.3) is 0 Å². The molecule has 1 rings (SSSR count). The molecule has 98 valence electrons. The molecule has 1 aromatic rings. The number of carbonyl (C=O) groups is 1. The minimum absolute atomic E-state index is 0. The lowest BCUT2D eigenvalue weighted by Gasteiger charge is -2.15. The van der Waals surface area contributed by atoms with Crippen molar-refractivity contribution in [1.29, 1.82) is 0 Å². The van der Waals surface area contributed by atoms with Crippen LogP contribution in [-0.4, -0.2) is 28.0 Å². The van der Waals surface area contributed by atoms with Crippen LogP contribution in [0.5, 0.6) is 0 Å². The number of imidazole rings is 1. The number of hydrogen-bond donors (Lipinski definition) is 2. The molecular formula is C11H21ClN4O. The Labute approximate surface area is 108 Å². The van der Waals surface area contributed by atoms with Gasteiger partial charge in [-0.05, 0) is 12.5 Å². The van der Waals surface area contributed by atoms with E-state index in [1.807, 2.05) is 17.8 Å². The zero-order chi connectivity index (χ0) is 12.1. The van der Waals surface area contributed by atoms with Gasteiger partial charge in [-0.25, -0.2) is 4.98 Å². The van der Waals surface area contributed by atoms with Crippen LogP contribution in [0.3, 0.4) is 0 Å². The van der Waals surface area contributed by atoms with Crippen molar-refractivity contribution in [3.63, 3.8) is 0 Å². The molecule has 0 aliphatic rings. The first-order chi connectivity index (χ1) is 7.49. The molecule has 1 heterocycles. The number of primary amides is 1. The molecule has 1 aromatic heterocycles. The van der Waals surface area contributed by atoms with Crippen LogP contribution < -0.4 is 11.1 Å². The fourth-order valence-electron chi connectivity index (χ4n) is 1.43. The zero-order valence-electron chi connectivity index (χ0n) is 10.5. The molecule has 1 atom stereocenters. The molecule has 0 spiro atoms. The zero-order valence-corrected chi connectivity index (χ0v) is 11.3. The molecule has 0 bridgehead atoms. The number of amides is 1. The summed E-state index contributed by atoms with van der Waals surface area (Å²) in [6.07, 6.45) is 4.16. The van der Waals surface area contributed by atoms with Gasteiger partial charge in [-0.3, -0.25) is 4.79 Å². The molecular weight excluding hydrogens is 240 g/mol. The third-order valence-electron chi connectivity index (χ3n) is 2.29. The molecule has 5 nitrogen and oxygen atoms in total. The molecule has 17 heavy (non-hydrogen) atoms. The molecule has 1 unspecified atom stereocenters. The first-order valence-electron chi connectivity index (χ1n) is 5.48. The van der Waals surface area contributed by atoms with Gasteiger partial charge in [0.1, 0.15) is 0 Å². The number of aromatic nitrogens is 2. The Hall–Kier alpha value is -1.07. The van der Waals surface area contributed by atoms with Crippen molar-refractivity contribution in [1.82, 2.24) is 14.9 Å². The first-order valence-corrected chi connectivity index (χ1v) is 5.48. The van der Waals surface area contributed by atoms with E-state index in [-0.39, 0.29) is 24.4 Å². The highest BCUT2D eigenvalue weighted by molar-refractivity contribution is 5.85. The van der Waals surface area contributed by atoms with E-state index in [4.69, 9.17) is 5.73 Å². The van der Waals surface area contributed by atoms with Gasteiger partial charge < -0.3 is 15.6 Å². The van der Waals surface area contributed by atoms with Crippen LogP contribution in [0.2, 0.25) is 0 Å². The third kappa shape index (κ3) is 5.70. The summed E-state index contributed by atoms with van der Waals surface area (Å²) < 4.78 is 1.86. The number of rotatable bonds is 6.